The quantitative estimate of drug-likeness (QED) is 0.396. The maximum Gasteiger partial charge on any atom is 0.268 e. The van der Waals surface area contributed by atoms with Crippen LogP contribution in [0, 0.1) is 11.3 Å². The van der Waals surface area contributed by atoms with Crippen molar-refractivity contribution in [1.29, 1.82) is 0 Å². The molecule has 0 saturated carbocycles. The topological polar surface area (TPSA) is 117 Å². The van der Waals surface area contributed by atoms with Gasteiger partial charge in [0.15, 0.2) is 11.6 Å². The molecule has 4 atom stereocenters. The number of ether oxygens (including phenoxy) is 4. The van der Waals surface area contributed by atoms with Gasteiger partial charge in [0, 0.05) is 57.4 Å². The van der Waals surface area contributed by atoms with Crippen molar-refractivity contribution in [2.24, 2.45) is 24.1 Å². The Hall–Kier alpha value is -2.38. The van der Waals surface area contributed by atoms with Crippen molar-refractivity contribution in [2.45, 2.75) is 54.2 Å². The predicted octanol–water partition coefficient (Wildman–Crippen LogP) is 1.87. The summed E-state index contributed by atoms with van der Waals surface area (Å²) in [6.45, 7) is 6.77. The van der Waals surface area contributed by atoms with Crippen LogP contribution >= 0.6 is 11.8 Å². The van der Waals surface area contributed by atoms with Gasteiger partial charge in [0.05, 0.1) is 41.3 Å². The van der Waals surface area contributed by atoms with E-state index in [1.165, 1.54) is 11.8 Å². The zero-order valence-corrected chi connectivity index (χ0v) is 23.7. The lowest BCUT2D eigenvalue weighted by atomic mass is 9.73. The van der Waals surface area contributed by atoms with E-state index in [0.29, 0.717) is 43.4 Å². The Balaban J connectivity index is 1.16. The molecule has 2 aromatic rings. The van der Waals surface area contributed by atoms with E-state index in [9.17, 15) is 4.79 Å². The largest absolute Gasteiger partial charge is 0.486 e. The maximum absolute atomic E-state index is 13.4. The van der Waals surface area contributed by atoms with Gasteiger partial charge in [-0.25, -0.2) is 9.97 Å². The third-order valence-electron chi connectivity index (χ3n) is 8.82. The Bertz CT molecular complexity index is 1250. The Morgan fingerprint density at radius 1 is 1.26 bits per heavy atom. The summed E-state index contributed by atoms with van der Waals surface area (Å²) in [5.74, 6) is 2.65. The molecule has 212 valence electrons. The average molecular weight is 559 g/mol. The van der Waals surface area contributed by atoms with Gasteiger partial charge in [-0.05, 0) is 32.3 Å². The number of rotatable bonds is 7. The number of piperidine rings is 1. The average Bonchev–Trinajstić information content (AvgIpc) is 3.49. The minimum absolute atomic E-state index is 0.0241. The van der Waals surface area contributed by atoms with E-state index in [4.69, 9.17) is 29.7 Å². The third kappa shape index (κ3) is 4.90. The van der Waals surface area contributed by atoms with E-state index in [-0.39, 0.29) is 29.2 Å². The summed E-state index contributed by atoms with van der Waals surface area (Å²) in [6.07, 6.45) is 6.42. The molecule has 6 heterocycles. The lowest BCUT2D eigenvalue weighted by Gasteiger charge is -2.41. The number of methoxy groups -OCH3 is 1. The second kappa shape index (κ2) is 10.9. The van der Waals surface area contributed by atoms with Gasteiger partial charge in [-0.2, -0.15) is 0 Å². The van der Waals surface area contributed by atoms with Crippen LogP contribution in [0.1, 0.15) is 26.2 Å². The first-order chi connectivity index (χ1) is 18.9. The molecular weight excluding hydrogens is 520 g/mol. The summed E-state index contributed by atoms with van der Waals surface area (Å²) < 4.78 is 24.3. The van der Waals surface area contributed by atoms with Crippen molar-refractivity contribution in [3.8, 4) is 5.75 Å². The van der Waals surface area contributed by atoms with Gasteiger partial charge in [0.1, 0.15) is 13.4 Å². The molecule has 2 N–H and O–H groups in total. The molecule has 0 aromatic carbocycles. The number of hydrogen-bond donors (Lipinski definition) is 1. The number of pyridine rings is 1. The van der Waals surface area contributed by atoms with E-state index < -0.39 is 0 Å². The fourth-order valence-corrected chi connectivity index (χ4v) is 7.43. The Kier molecular flexibility index (Phi) is 7.49. The van der Waals surface area contributed by atoms with Crippen molar-refractivity contribution in [3.05, 3.63) is 28.8 Å². The highest BCUT2D eigenvalue weighted by atomic mass is 32.2. The monoisotopic (exact) mass is 558 g/mol. The molecule has 6 rings (SSSR count). The first kappa shape index (κ1) is 26.8. The molecule has 39 heavy (non-hydrogen) atoms. The predicted molar refractivity (Wildman–Crippen MR) is 148 cm³/mol. The lowest BCUT2D eigenvalue weighted by Crippen LogP contribution is -2.51. The molecule has 1 spiro atoms. The van der Waals surface area contributed by atoms with E-state index in [1.807, 2.05) is 6.07 Å². The fourth-order valence-electron chi connectivity index (χ4n) is 6.49. The van der Waals surface area contributed by atoms with Crippen LogP contribution in [-0.4, -0.2) is 86.1 Å². The Labute approximate surface area is 233 Å². The minimum Gasteiger partial charge on any atom is -0.486 e. The van der Waals surface area contributed by atoms with Gasteiger partial charge in [-0.1, -0.05) is 11.8 Å². The minimum atomic E-state index is -0.0735. The molecule has 0 amide bonds. The summed E-state index contributed by atoms with van der Waals surface area (Å²) in [5, 5.41) is 0. The van der Waals surface area contributed by atoms with Gasteiger partial charge in [0.2, 0.25) is 5.95 Å². The fraction of sp³-hybridized carbons (Fsp3) is 0.667. The zero-order valence-electron chi connectivity index (χ0n) is 22.9. The summed E-state index contributed by atoms with van der Waals surface area (Å²) in [4.78, 5) is 28.8. The maximum atomic E-state index is 13.4. The van der Waals surface area contributed by atoms with Gasteiger partial charge < -0.3 is 34.5 Å². The number of fused-ring (bicyclic) bond motifs is 3. The number of anilines is 2. The van der Waals surface area contributed by atoms with Crippen molar-refractivity contribution >= 4 is 23.5 Å². The molecule has 3 fully saturated rings. The van der Waals surface area contributed by atoms with E-state index in [1.54, 1.807) is 31.1 Å². The number of nitrogens with zero attached hydrogens (tertiary/aromatic N) is 5. The molecule has 12 heteroatoms. The van der Waals surface area contributed by atoms with Crippen LogP contribution in [-0.2, 0) is 21.3 Å². The van der Waals surface area contributed by atoms with Crippen LogP contribution in [0.2, 0.25) is 0 Å². The van der Waals surface area contributed by atoms with Crippen molar-refractivity contribution in [1.82, 2.24) is 14.5 Å². The zero-order chi connectivity index (χ0) is 27.1. The molecule has 3 saturated heterocycles. The molecular formula is C27H38N6O5S. The number of aromatic nitrogens is 3. The van der Waals surface area contributed by atoms with E-state index in [0.717, 1.165) is 55.4 Å². The normalized spacial score (nSPS) is 27.5. The van der Waals surface area contributed by atoms with Crippen LogP contribution in [0.3, 0.4) is 0 Å². The molecule has 0 aliphatic carbocycles. The summed E-state index contributed by atoms with van der Waals surface area (Å²) in [7, 11) is 3.43. The van der Waals surface area contributed by atoms with Crippen LogP contribution in [0.15, 0.2) is 33.0 Å². The van der Waals surface area contributed by atoms with Crippen LogP contribution < -0.4 is 25.8 Å². The molecule has 4 aliphatic heterocycles. The molecule has 4 aliphatic rings. The summed E-state index contributed by atoms with van der Waals surface area (Å²) in [6, 6.07) is 2.23. The molecule has 11 nitrogen and oxygen atoms in total. The third-order valence-corrected chi connectivity index (χ3v) is 9.86. The second-order valence-electron chi connectivity index (χ2n) is 11.2. The van der Waals surface area contributed by atoms with Gasteiger partial charge >= 0.3 is 0 Å². The highest BCUT2D eigenvalue weighted by Gasteiger charge is 2.48. The Morgan fingerprint density at radius 2 is 2.08 bits per heavy atom. The van der Waals surface area contributed by atoms with Crippen LogP contribution in [0.5, 0.6) is 5.75 Å². The SMILES string of the molecule is COCOC[C@H]1C[C@H]2COc3c(Sc4cnc(N5CCC6(CC5)CO[C@@H](C)[C@H]6N)n(C)c4=O)ccnc3N2C1. The first-order valence-corrected chi connectivity index (χ1v) is 14.5. The van der Waals surface area contributed by atoms with Crippen molar-refractivity contribution in [3.63, 3.8) is 0 Å². The lowest BCUT2D eigenvalue weighted by molar-refractivity contribution is -0.0414. The first-order valence-electron chi connectivity index (χ1n) is 13.7. The molecule has 0 bridgehead atoms. The van der Waals surface area contributed by atoms with Crippen molar-refractivity contribution < 1.29 is 18.9 Å². The van der Waals surface area contributed by atoms with Crippen LogP contribution in [0.4, 0.5) is 11.8 Å². The van der Waals surface area contributed by atoms with Crippen LogP contribution in [0.25, 0.3) is 0 Å². The smallest absolute Gasteiger partial charge is 0.268 e. The van der Waals surface area contributed by atoms with Gasteiger partial charge in [0.25, 0.3) is 5.56 Å². The molecule has 0 unspecified atom stereocenters. The van der Waals surface area contributed by atoms with Crippen molar-refractivity contribution in [2.75, 3.05) is 63.2 Å². The second-order valence-corrected chi connectivity index (χ2v) is 12.3. The van der Waals surface area contributed by atoms with Gasteiger partial charge in [-0.15, -0.1) is 0 Å². The number of hydrogen-bond acceptors (Lipinski definition) is 11. The summed E-state index contributed by atoms with van der Waals surface area (Å²) >= 11 is 1.39. The van der Waals surface area contributed by atoms with E-state index >= 15 is 0 Å². The highest BCUT2D eigenvalue weighted by molar-refractivity contribution is 7.99. The summed E-state index contributed by atoms with van der Waals surface area (Å²) in [5.41, 5.74) is 6.43. The van der Waals surface area contributed by atoms with Gasteiger partial charge in [-0.3, -0.25) is 9.36 Å². The number of nitrogens with two attached hydrogens (primary N) is 1. The Morgan fingerprint density at radius 3 is 2.82 bits per heavy atom. The molecule has 2 aromatic heterocycles. The van der Waals surface area contributed by atoms with E-state index in [2.05, 4.69) is 21.7 Å². The molecule has 0 radical (unpaired) electrons. The highest BCUT2D eigenvalue weighted by Crippen LogP contribution is 2.45. The standard InChI is InChI=1S/C27H38N6O5S/c1-17-23(28)27(15-38-17)5-8-32(9-6-27)26-30-11-21(25(34)31(26)2)39-20-4-7-29-24-22(20)37-14-19-10-18(12-33(19)24)13-36-16-35-3/h4,7,11,17-19,23H,5-6,8-10,12-16,28H2,1-3H3/t17-,18-,19-,23+/m0/s1.